The van der Waals surface area contributed by atoms with Crippen LogP contribution in [0.4, 0.5) is 4.39 Å². The number of amides is 1. The fraction of sp³-hybridized carbons (Fsp3) is 0.214. The number of furan rings is 1. The highest BCUT2D eigenvalue weighted by Crippen LogP contribution is 2.04. The Hall–Kier alpha value is -2.10. The van der Waals surface area contributed by atoms with E-state index in [1.54, 1.807) is 18.4 Å². The minimum absolute atomic E-state index is 0.118. The lowest BCUT2D eigenvalue weighted by atomic mass is 10.1. The molecule has 0 fully saturated rings. The molecule has 1 amide bonds. The Morgan fingerprint density at radius 3 is 2.89 bits per heavy atom. The molecule has 0 atom stereocenters. The van der Waals surface area contributed by atoms with Gasteiger partial charge in [-0.2, -0.15) is 0 Å². The third kappa shape index (κ3) is 3.73. The van der Waals surface area contributed by atoms with E-state index >= 15 is 0 Å². The summed E-state index contributed by atoms with van der Waals surface area (Å²) in [5, 5.41) is 2.77. The summed E-state index contributed by atoms with van der Waals surface area (Å²) >= 11 is 0. The van der Waals surface area contributed by atoms with Crippen molar-refractivity contribution < 1.29 is 13.6 Å². The van der Waals surface area contributed by atoms with Crippen LogP contribution in [-0.2, 0) is 17.6 Å². The Bertz CT molecular complexity index is 508. The zero-order valence-corrected chi connectivity index (χ0v) is 9.86. The second-order valence-electron chi connectivity index (χ2n) is 3.99. The van der Waals surface area contributed by atoms with Crippen LogP contribution in [0.25, 0.3) is 0 Å². The third-order valence-electron chi connectivity index (χ3n) is 2.53. The van der Waals surface area contributed by atoms with E-state index in [9.17, 15) is 9.18 Å². The van der Waals surface area contributed by atoms with Crippen molar-refractivity contribution in [1.82, 2.24) is 5.32 Å². The Morgan fingerprint density at radius 1 is 1.28 bits per heavy atom. The number of carbonyl (C=O) groups excluding carboxylic acids is 1. The Kier molecular flexibility index (Phi) is 4.12. The average molecular weight is 247 g/mol. The molecule has 1 aromatic heterocycles. The molecule has 0 aliphatic carbocycles. The molecule has 4 heteroatoms. The first-order valence-electron chi connectivity index (χ1n) is 5.77. The number of halogens is 1. The van der Waals surface area contributed by atoms with Crippen molar-refractivity contribution in [3.63, 3.8) is 0 Å². The maximum atomic E-state index is 12.9. The zero-order chi connectivity index (χ0) is 12.8. The summed E-state index contributed by atoms with van der Waals surface area (Å²) in [4.78, 5) is 11.6. The molecule has 1 heterocycles. The Balaban J connectivity index is 1.75. The molecule has 0 spiro atoms. The molecular formula is C14H14FNO2. The van der Waals surface area contributed by atoms with Gasteiger partial charge in [0.05, 0.1) is 12.7 Å². The first-order valence-corrected chi connectivity index (χ1v) is 5.77. The van der Waals surface area contributed by atoms with Crippen molar-refractivity contribution in [3.05, 3.63) is 59.8 Å². The topological polar surface area (TPSA) is 42.2 Å². The van der Waals surface area contributed by atoms with Gasteiger partial charge in [0.15, 0.2) is 0 Å². The summed E-state index contributed by atoms with van der Waals surface area (Å²) in [6.07, 6.45) is 2.45. The highest BCUT2D eigenvalue weighted by Gasteiger charge is 2.04. The molecule has 0 saturated carbocycles. The SMILES string of the molecule is O=C(Cc1cccc(F)c1)NCCc1ccco1. The molecule has 1 N–H and O–H groups in total. The van der Waals surface area contributed by atoms with Crippen molar-refractivity contribution in [2.24, 2.45) is 0 Å². The zero-order valence-electron chi connectivity index (χ0n) is 9.86. The van der Waals surface area contributed by atoms with Gasteiger partial charge in [0, 0.05) is 13.0 Å². The van der Waals surface area contributed by atoms with Crippen LogP contribution in [0.5, 0.6) is 0 Å². The van der Waals surface area contributed by atoms with Gasteiger partial charge >= 0.3 is 0 Å². The lowest BCUT2D eigenvalue weighted by Gasteiger charge is -2.04. The lowest BCUT2D eigenvalue weighted by molar-refractivity contribution is -0.120. The number of hydrogen-bond acceptors (Lipinski definition) is 2. The first kappa shape index (κ1) is 12.4. The van der Waals surface area contributed by atoms with Crippen LogP contribution in [-0.4, -0.2) is 12.5 Å². The number of benzene rings is 1. The predicted molar refractivity (Wildman–Crippen MR) is 65.5 cm³/mol. The lowest BCUT2D eigenvalue weighted by Crippen LogP contribution is -2.27. The molecule has 3 nitrogen and oxygen atoms in total. The van der Waals surface area contributed by atoms with E-state index < -0.39 is 0 Å². The maximum absolute atomic E-state index is 12.9. The quantitative estimate of drug-likeness (QED) is 0.881. The molecular weight excluding hydrogens is 233 g/mol. The van der Waals surface area contributed by atoms with Gasteiger partial charge in [0.2, 0.25) is 5.91 Å². The van der Waals surface area contributed by atoms with Crippen LogP contribution in [0.2, 0.25) is 0 Å². The van der Waals surface area contributed by atoms with Gasteiger partial charge in [0.25, 0.3) is 0 Å². The van der Waals surface area contributed by atoms with E-state index in [-0.39, 0.29) is 18.1 Å². The first-order chi connectivity index (χ1) is 8.74. The summed E-state index contributed by atoms with van der Waals surface area (Å²) in [6.45, 7) is 0.516. The number of carbonyl (C=O) groups is 1. The van der Waals surface area contributed by atoms with Crippen LogP contribution in [0.15, 0.2) is 47.1 Å². The van der Waals surface area contributed by atoms with Gasteiger partial charge in [-0.1, -0.05) is 12.1 Å². The largest absolute Gasteiger partial charge is 0.469 e. The molecule has 0 saturated heterocycles. The molecule has 1 aromatic carbocycles. The van der Waals surface area contributed by atoms with Crippen molar-refractivity contribution in [1.29, 1.82) is 0 Å². The van der Waals surface area contributed by atoms with E-state index in [1.807, 2.05) is 12.1 Å². The molecule has 0 bridgehead atoms. The van der Waals surface area contributed by atoms with Gasteiger partial charge in [0.1, 0.15) is 11.6 Å². The number of nitrogens with one attached hydrogen (secondary N) is 1. The van der Waals surface area contributed by atoms with Gasteiger partial charge in [-0.25, -0.2) is 4.39 Å². The van der Waals surface area contributed by atoms with Crippen LogP contribution >= 0.6 is 0 Å². The van der Waals surface area contributed by atoms with E-state index in [2.05, 4.69) is 5.32 Å². The normalized spacial score (nSPS) is 10.3. The van der Waals surface area contributed by atoms with Crippen molar-refractivity contribution in [3.8, 4) is 0 Å². The summed E-state index contributed by atoms with van der Waals surface area (Å²) in [6, 6.07) is 9.73. The second-order valence-corrected chi connectivity index (χ2v) is 3.99. The van der Waals surface area contributed by atoms with Gasteiger partial charge < -0.3 is 9.73 Å². The molecule has 2 aromatic rings. The minimum Gasteiger partial charge on any atom is -0.469 e. The summed E-state index contributed by atoms with van der Waals surface area (Å²) in [7, 11) is 0. The van der Waals surface area contributed by atoms with Crippen molar-refractivity contribution in [2.75, 3.05) is 6.54 Å². The second kappa shape index (κ2) is 6.00. The number of rotatable bonds is 5. The van der Waals surface area contributed by atoms with E-state index in [0.29, 0.717) is 18.5 Å². The average Bonchev–Trinajstić information content (AvgIpc) is 2.82. The third-order valence-corrected chi connectivity index (χ3v) is 2.53. The summed E-state index contributed by atoms with van der Waals surface area (Å²) < 4.78 is 18.1. The molecule has 0 aliphatic rings. The molecule has 2 rings (SSSR count). The molecule has 0 aliphatic heterocycles. The van der Waals surface area contributed by atoms with Crippen LogP contribution in [0.1, 0.15) is 11.3 Å². The fourth-order valence-corrected chi connectivity index (χ4v) is 1.67. The van der Waals surface area contributed by atoms with Crippen LogP contribution in [0.3, 0.4) is 0 Å². The summed E-state index contributed by atoms with van der Waals surface area (Å²) in [5.41, 5.74) is 0.672. The minimum atomic E-state index is -0.323. The standard InChI is InChI=1S/C14H14FNO2/c15-12-4-1-3-11(9-12)10-14(17)16-7-6-13-5-2-8-18-13/h1-5,8-9H,6-7,10H2,(H,16,17). The van der Waals surface area contributed by atoms with Gasteiger partial charge in [-0.05, 0) is 29.8 Å². The van der Waals surface area contributed by atoms with Gasteiger partial charge in [-0.15, -0.1) is 0 Å². The monoisotopic (exact) mass is 247 g/mol. The Morgan fingerprint density at radius 2 is 2.17 bits per heavy atom. The maximum Gasteiger partial charge on any atom is 0.224 e. The Labute approximate surface area is 105 Å². The molecule has 18 heavy (non-hydrogen) atoms. The van der Waals surface area contributed by atoms with E-state index in [4.69, 9.17) is 4.42 Å². The fourth-order valence-electron chi connectivity index (χ4n) is 1.67. The molecule has 94 valence electrons. The van der Waals surface area contributed by atoms with Crippen LogP contribution in [0, 0.1) is 5.82 Å². The molecule has 0 unspecified atom stereocenters. The summed E-state index contributed by atoms with van der Waals surface area (Å²) in [5.74, 6) is 0.393. The van der Waals surface area contributed by atoms with E-state index in [0.717, 1.165) is 5.76 Å². The molecule has 0 radical (unpaired) electrons. The number of hydrogen-bond donors (Lipinski definition) is 1. The highest BCUT2D eigenvalue weighted by molar-refractivity contribution is 5.78. The smallest absolute Gasteiger partial charge is 0.224 e. The predicted octanol–water partition coefficient (Wildman–Crippen LogP) is 2.32. The van der Waals surface area contributed by atoms with Crippen molar-refractivity contribution >= 4 is 5.91 Å². The van der Waals surface area contributed by atoms with Gasteiger partial charge in [-0.3, -0.25) is 4.79 Å². The van der Waals surface area contributed by atoms with E-state index in [1.165, 1.54) is 12.1 Å². The van der Waals surface area contributed by atoms with Crippen molar-refractivity contribution in [2.45, 2.75) is 12.8 Å². The highest BCUT2D eigenvalue weighted by atomic mass is 19.1. The van der Waals surface area contributed by atoms with Crippen LogP contribution < -0.4 is 5.32 Å².